The molecule has 1 amide bonds. The first-order chi connectivity index (χ1) is 5.09. The number of amides is 1. The molecule has 0 radical (unpaired) electrons. The van der Waals surface area contributed by atoms with E-state index in [1.54, 1.807) is 6.92 Å². The average molecular weight is 158 g/mol. The molecule has 0 aromatic carbocycles. The molecule has 1 unspecified atom stereocenters. The highest BCUT2D eigenvalue weighted by molar-refractivity contribution is 5.97. The van der Waals surface area contributed by atoms with Crippen molar-refractivity contribution in [2.24, 2.45) is 11.7 Å². The molecule has 1 atom stereocenters. The molecule has 11 heavy (non-hydrogen) atoms. The molecular weight excluding hydrogens is 144 g/mol. The molecule has 0 saturated heterocycles. The molecule has 4 heteroatoms. The molecule has 0 rings (SSSR count). The van der Waals surface area contributed by atoms with E-state index in [0.717, 1.165) is 6.42 Å². The van der Waals surface area contributed by atoms with Crippen molar-refractivity contribution in [2.45, 2.75) is 20.3 Å². The Bertz CT molecular complexity index is 157. The molecule has 0 bridgehead atoms. The monoisotopic (exact) mass is 158 g/mol. The van der Waals surface area contributed by atoms with Gasteiger partial charge in [-0.2, -0.15) is 0 Å². The molecule has 0 aliphatic carbocycles. The number of nitrogens with two attached hydrogens (primary N) is 1. The second-order valence-electron chi connectivity index (χ2n) is 2.34. The fourth-order valence-electron chi connectivity index (χ4n) is 0.466. The largest absolute Gasteiger partial charge is 0.481 e. The maximum Gasteiger partial charge on any atom is 0.229 e. The summed E-state index contributed by atoms with van der Waals surface area (Å²) in [5.74, 6) is -1.17. The Morgan fingerprint density at radius 2 is 2.27 bits per heavy atom. The van der Waals surface area contributed by atoms with Crippen molar-refractivity contribution in [3.05, 3.63) is 0 Å². The fraction of sp³-hybridized carbons (Fsp3) is 0.714. The van der Waals surface area contributed by atoms with Crippen LogP contribution in [0.5, 0.6) is 0 Å². The number of rotatable bonds is 4. The predicted molar refractivity (Wildman–Crippen MR) is 42.3 cm³/mol. The summed E-state index contributed by atoms with van der Waals surface area (Å²) in [4.78, 5) is 10.5. The van der Waals surface area contributed by atoms with Gasteiger partial charge in [0.2, 0.25) is 5.91 Å². The second kappa shape index (κ2) is 4.71. The van der Waals surface area contributed by atoms with Gasteiger partial charge in [-0.25, -0.2) is 0 Å². The lowest BCUT2D eigenvalue weighted by Gasteiger charge is -2.09. The first-order valence-corrected chi connectivity index (χ1v) is 3.60. The third-order valence-corrected chi connectivity index (χ3v) is 1.28. The number of hydrogen-bond donors (Lipinski definition) is 2. The lowest BCUT2D eigenvalue weighted by Crippen LogP contribution is -2.28. The van der Waals surface area contributed by atoms with Gasteiger partial charge in [0.15, 0.2) is 5.90 Å². The van der Waals surface area contributed by atoms with Crippen LogP contribution in [0.15, 0.2) is 0 Å². The second-order valence-corrected chi connectivity index (χ2v) is 2.34. The van der Waals surface area contributed by atoms with Crippen LogP contribution >= 0.6 is 0 Å². The molecule has 0 fully saturated rings. The van der Waals surface area contributed by atoms with E-state index < -0.39 is 11.8 Å². The molecule has 0 aliphatic rings. The molecule has 3 N–H and O–H groups in total. The zero-order valence-corrected chi connectivity index (χ0v) is 6.89. The van der Waals surface area contributed by atoms with E-state index >= 15 is 0 Å². The summed E-state index contributed by atoms with van der Waals surface area (Å²) in [5.41, 5.74) is 4.95. The number of ether oxygens (including phenoxy) is 1. The van der Waals surface area contributed by atoms with Gasteiger partial charge in [-0.05, 0) is 13.3 Å². The van der Waals surface area contributed by atoms with Gasteiger partial charge in [0.25, 0.3) is 0 Å². The third-order valence-electron chi connectivity index (χ3n) is 1.28. The van der Waals surface area contributed by atoms with Crippen LogP contribution in [0, 0.1) is 11.3 Å². The van der Waals surface area contributed by atoms with Crippen LogP contribution in [0.25, 0.3) is 0 Å². The summed E-state index contributed by atoms with van der Waals surface area (Å²) in [7, 11) is 0. The topological polar surface area (TPSA) is 76.2 Å². The van der Waals surface area contributed by atoms with Gasteiger partial charge >= 0.3 is 0 Å². The van der Waals surface area contributed by atoms with Crippen LogP contribution in [-0.2, 0) is 9.53 Å². The molecule has 64 valence electrons. The minimum atomic E-state index is -0.610. The van der Waals surface area contributed by atoms with Crippen LogP contribution in [0.1, 0.15) is 20.3 Å². The summed E-state index contributed by atoms with van der Waals surface area (Å²) in [6, 6.07) is 0. The Morgan fingerprint density at radius 3 is 2.64 bits per heavy atom. The highest BCUT2D eigenvalue weighted by Crippen LogP contribution is 1.97. The Labute approximate surface area is 66.2 Å². The molecule has 0 heterocycles. The van der Waals surface area contributed by atoms with Crippen LogP contribution in [0.3, 0.4) is 0 Å². The minimum Gasteiger partial charge on any atom is -0.481 e. The van der Waals surface area contributed by atoms with E-state index in [0.29, 0.717) is 6.61 Å². The van der Waals surface area contributed by atoms with Gasteiger partial charge in [0.05, 0.1) is 6.61 Å². The van der Waals surface area contributed by atoms with Crippen LogP contribution < -0.4 is 5.73 Å². The smallest absolute Gasteiger partial charge is 0.229 e. The van der Waals surface area contributed by atoms with E-state index in [9.17, 15) is 4.79 Å². The molecule has 4 nitrogen and oxygen atoms in total. The summed E-state index contributed by atoms with van der Waals surface area (Å²) in [5, 5.41) is 7.21. The van der Waals surface area contributed by atoms with Crippen molar-refractivity contribution < 1.29 is 9.53 Å². The first kappa shape index (κ1) is 9.94. The fourth-order valence-corrected chi connectivity index (χ4v) is 0.466. The lowest BCUT2D eigenvalue weighted by molar-refractivity contribution is -0.119. The Morgan fingerprint density at radius 1 is 1.73 bits per heavy atom. The van der Waals surface area contributed by atoms with E-state index in [4.69, 9.17) is 15.9 Å². The third kappa shape index (κ3) is 3.60. The van der Waals surface area contributed by atoms with Crippen LogP contribution in [0.2, 0.25) is 0 Å². The highest BCUT2D eigenvalue weighted by Gasteiger charge is 2.15. The molecule has 0 aromatic heterocycles. The average Bonchev–Trinajstić information content (AvgIpc) is 1.98. The zero-order chi connectivity index (χ0) is 8.85. The van der Waals surface area contributed by atoms with Gasteiger partial charge in [-0.15, -0.1) is 0 Å². The number of carbonyl (C=O) groups excluding carboxylic acids is 1. The van der Waals surface area contributed by atoms with Crippen molar-refractivity contribution in [3.8, 4) is 0 Å². The minimum absolute atomic E-state index is 0.0423. The Hall–Kier alpha value is -1.06. The Kier molecular flexibility index (Phi) is 4.26. The van der Waals surface area contributed by atoms with Crippen LogP contribution in [-0.4, -0.2) is 18.4 Å². The number of hydrogen-bond acceptors (Lipinski definition) is 3. The summed E-state index contributed by atoms with van der Waals surface area (Å²) >= 11 is 0. The Balaban J connectivity index is 3.74. The predicted octanol–water partition coefficient (Wildman–Crippen LogP) is 0.512. The quantitative estimate of drug-likeness (QED) is 0.462. The van der Waals surface area contributed by atoms with Crippen molar-refractivity contribution in [3.63, 3.8) is 0 Å². The summed E-state index contributed by atoms with van der Waals surface area (Å²) in [6.45, 7) is 3.96. The van der Waals surface area contributed by atoms with Gasteiger partial charge in [-0.1, -0.05) is 6.92 Å². The number of carbonyl (C=O) groups is 1. The van der Waals surface area contributed by atoms with Crippen molar-refractivity contribution in [1.29, 1.82) is 5.41 Å². The zero-order valence-electron chi connectivity index (χ0n) is 6.89. The molecule has 0 aliphatic heterocycles. The van der Waals surface area contributed by atoms with E-state index in [2.05, 4.69) is 0 Å². The molecule has 0 aromatic rings. The lowest BCUT2D eigenvalue weighted by atomic mass is 10.2. The van der Waals surface area contributed by atoms with Crippen molar-refractivity contribution in [2.75, 3.05) is 6.61 Å². The number of primary amides is 1. The maximum atomic E-state index is 10.5. The van der Waals surface area contributed by atoms with E-state index in [1.807, 2.05) is 6.92 Å². The van der Waals surface area contributed by atoms with Gasteiger partial charge in [-0.3, -0.25) is 10.2 Å². The van der Waals surface area contributed by atoms with Gasteiger partial charge < -0.3 is 10.5 Å². The number of nitrogens with one attached hydrogen (secondary N) is 1. The summed E-state index contributed by atoms with van der Waals surface area (Å²) in [6.07, 6.45) is 0.827. The molecular formula is C7H14N2O2. The van der Waals surface area contributed by atoms with Gasteiger partial charge in [0, 0.05) is 0 Å². The summed E-state index contributed by atoms with van der Waals surface area (Å²) < 4.78 is 4.90. The van der Waals surface area contributed by atoms with Gasteiger partial charge in [0.1, 0.15) is 5.92 Å². The van der Waals surface area contributed by atoms with E-state index in [1.165, 1.54) is 0 Å². The van der Waals surface area contributed by atoms with E-state index in [-0.39, 0.29) is 5.90 Å². The molecule has 0 spiro atoms. The van der Waals surface area contributed by atoms with Crippen molar-refractivity contribution >= 4 is 11.8 Å². The molecule has 0 saturated carbocycles. The van der Waals surface area contributed by atoms with Crippen molar-refractivity contribution in [1.82, 2.24) is 0 Å². The maximum absolute atomic E-state index is 10.5. The first-order valence-electron chi connectivity index (χ1n) is 3.60. The standard InChI is InChI=1S/C7H14N2O2/c1-3-4-11-7(9)5(2)6(8)10/h5,9H,3-4H2,1-2H3,(H2,8,10). The highest BCUT2D eigenvalue weighted by atomic mass is 16.5. The normalized spacial score (nSPS) is 12.2. The van der Waals surface area contributed by atoms with Crippen LogP contribution in [0.4, 0.5) is 0 Å². The SMILES string of the molecule is CCCOC(=N)C(C)C(N)=O.